The average molecular weight is 121 g/mol. The van der Waals surface area contributed by atoms with Crippen LogP contribution in [0.15, 0.2) is 24.3 Å². The fraction of sp³-hybridized carbons (Fsp3) is 0.250. The van der Waals surface area contributed by atoms with E-state index in [1.54, 1.807) is 12.1 Å². The van der Waals surface area contributed by atoms with Crippen molar-refractivity contribution in [3.05, 3.63) is 29.8 Å². The normalized spacial score (nSPS) is 9.44. The van der Waals surface area contributed by atoms with Crippen LogP contribution in [0.2, 0.25) is 0 Å². The van der Waals surface area contributed by atoms with Gasteiger partial charge in [-0.05, 0) is 18.1 Å². The van der Waals surface area contributed by atoms with E-state index >= 15 is 0 Å². The number of aryl methyl sites for hydroxylation is 1. The van der Waals surface area contributed by atoms with Gasteiger partial charge >= 0.3 is 0 Å². The Kier molecular flexibility index (Phi) is 1.73. The Labute approximate surface area is 55.0 Å². The van der Waals surface area contributed by atoms with Crippen LogP contribution in [0, 0.1) is 0 Å². The summed E-state index contributed by atoms with van der Waals surface area (Å²) in [4.78, 5) is 0. The molecule has 0 spiro atoms. The summed E-state index contributed by atoms with van der Waals surface area (Å²) in [5.74, 6) is 0.153. The third-order valence-corrected chi connectivity index (χ3v) is 1.35. The molecular weight excluding hydrogens is 112 g/mol. The fourth-order valence-corrected chi connectivity index (χ4v) is 0.796. The predicted molar refractivity (Wildman–Crippen MR) is 36.0 cm³/mol. The number of para-hydroxylation sites is 1. The molecule has 1 nitrogen and oxygen atoms in total. The van der Waals surface area contributed by atoms with E-state index in [4.69, 9.17) is 0 Å². The van der Waals surface area contributed by atoms with Crippen molar-refractivity contribution in [2.45, 2.75) is 13.3 Å². The summed E-state index contributed by atoms with van der Waals surface area (Å²) in [5.41, 5.74) is 0.900. The van der Waals surface area contributed by atoms with E-state index in [9.17, 15) is 5.11 Å². The quantitative estimate of drug-likeness (QED) is 0.543. The first-order chi connectivity index (χ1) is 4.34. The van der Waals surface area contributed by atoms with Gasteiger partial charge in [-0.3, -0.25) is 5.11 Å². The lowest BCUT2D eigenvalue weighted by Crippen LogP contribution is -1.76. The lowest BCUT2D eigenvalue weighted by Gasteiger charge is -1.93. The Morgan fingerprint density at radius 2 is 2.00 bits per heavy atom. The van der Waals surface area contributed by atoms with E-state index in [1.807, 2.05) is 19.1 Å². The summed E-state index contributed by atoms with van der Waals surface area (Å²) in [5, 5.41) is 10.9. The molecule has 1 aromatic carbocycles. The second-order valence-electron chi connectivity index (χ2n) is 1.96. The molecule has 1 heteroatoms. The highest BCUT2D eigenvalue weighted by Crippen LogP contribution is 2.15. The molecule has 0 aliphatic rings. The molecule has 1 radical (unpaired) electrons. The van der Waals surface area contributed by atoms with Crippen LogP contribution in [0.1, 0.15) is 12.5 Å². The highest BCUT2D eigenvalue weighted by atomic mass is 16.3. The number of hydrogen-bond acceptors (Lipinski definition) is 0. The lowest BCUT2D eigenvalue weighted by atomic mass is 10.1. The second kappa shape index (κ2) is 2.53. The molecule has 0 aromatic heterocycles. The predicted octanol–water partition coefficient (Wildman–Crippen LogP) is 2.39. The van der Waals surface area contributed by atoms with Crippen LogP contribution >= 0.6 is 0 Å². The SMILES string of the molecule is CCc1ccccc1[O]. The van der Waals surface area contributed by atoms with Crippen LogP contribution in [0.25, 0.3) is 0 Å². The van der Waals surface area contributed by atoms with Crippen molar-refractivity contribution < 1.29 is 5.11 Å². The van der Waals surface area contributed by atoms with Crippen molar-refractivity contribution in [1.29, 1.82) is 0 Å². The zero-order valence-corrected chi connectivity index (χ0v) is 5.42. The van der Waals surface area contributed by atoms with E-state index in [2.05, 4.69) is 0 Å². The summed E-state index contributed by atoms with van der Waals surface area (Å²) >= 11 is 0. The first kappa shape index (κ1) is 6.14. The molecule has 0 saturated carbocycles. The van der Waals surface area contributed by atoms with E-state index < -0.39 is 0 Å². The van der Waals surface area contributed by atoms with E-state index in [1.165, 1.54) is 0 Å². The fourth-order valence-electron chi connectivity index (χ4n) is 0.796. The van der Waals surface area contributed by atoms with Crippen molar-refractivity contribution in [2.24, 2.45) is 0 Å². The standard InChI is InChI=1S/C8H9O/c1-2-7-5-3-4-6-8(7)9/h3-6H,2H2,1H3. The topological polar surface area (TPSA) is 19.9 Å². The number of hydrogen-bond donors (Lipinski definition) is 0. The third kappa shape index (κ3) is 1.22. The van der Waals surface area contributed by atoms with E-state index in [-0.39, 0.29) is 5.75 Å². The Morgan fingerprint density at radius 3 is 2.44 bits per heavy atom. The van der Waals surface area contributed by atoms with Gasteiger partial charge in [0.05, 0.1) is 0 Å². The summed E-state index contributed by atoms with van der Waals surface area (Å²) in [6, 6.07) is 7.11. The van der Waals surface area contributed by atoms with Crippen LogP contribution in [-0.2, 0) is 11.5 Å². The van der Waals surface area contributed by atoms with Gasteiger partial charge in [0.2, 0.25) is 0 Å². The molecule has 0 aliphatic carbocycles. The molecule has 0 bridgehead atoms. The molecule has 1 aromatic rings. The summed E-state index contributed by atoms with van der Waals surface area (Å²) < 4.78 is 0. The molecule has 0 N–H and O–H groups in total. The minimum atomic E-state index is 0.153. The maximum absolute atomic E-state index is 10.9. The van der Waals surface area contributed by atoms with Crippen LogP contribution < -0.4 is 0 Å². The molecule has 0 fully saturated rings. The molecule has 0 aliphatic heterocycles. The highest BCUT2D eigenvalue weighted by Gasteiger charge is 1.95. The molecule has 1 rings (SSSR count). The summed E-state index contributed by atoms with van der Waals surface area (Å²) in [6.45, 7) is 1.98. The molecular formula is C8H9O. The van der Waals surface area contributed by atoms with Gasteiger partial charge in [0.1, 0.15) is 0 Å². The molecule has 0 saturated heterocycles. The van der Waals surface area contributed by atoms with Gasteiger partial charge in [0, 0.05) is 0 Å². The van der Waals surface area contributed by atoms with Gasteiger partial charge in [-0.25, -0.2) is 0 Å². The van der Waals surface area contributed by atoms with Gasteiger partial charge in [-0.2, -0.15) is 0 Å². The summed E-state index contributed by atoms with van der Waals surface area (Å²) in [6.07, 6.45) is 0.833. The maximum Gasteiger partial charge on any atom is 0.181 e. The Morgan fingerprint density at radius 1 is 1.33 bits per heavy atom. The van der Waals surface area contributed by atoms with Crippen molar-refractivity contribution in [3.8, 4) is 5.75 Å². The van der Waals surface area contributed by atoms with Gasteiger partial charge in [0.15, 0.2) is 5.75 Å². The zero-order chi connectivity index (χ0) is 6.69. The Bertz CT molecular complexity index is 194. The van der Waals surface area contributed by atoms with Crippen LogP contribution in [0.5, 0.6) is 5.75 Å². The molecule has 0 unspecified atom stereocenters. The average Bonchev–Trinajstić information content (AvgIpc) is 1.89. The zero-order valence-electron chi connectivity index (χ0n) is 5.42. The van der Waals surface area contributed by atoms with Gasteiger partial charge in [-0.1, -0.05) is 25.1 Å². The van der Waals surface area contributed by atoms with Crippen molar-refractivity contribution in [3.63, 3.8) is 0 Å². The smallest absolute Gasteiger partial charge is 0.181 e. The molecule has 0 heterocycles. The van der Waals surface area contributed by atoms with Crippen molar-refractivity contribution in [2.75, 3.05) is 0 Å². The van der Waals surface area contributed by atoms with Gasteiger partial charge in [-0.15, -0.1) is 0 Å². The van der Waals surface area contributed by atoms with Crippen LogP contribution in [0.3, 0.4) is 0 Å². The monoisotopic (exact) mass is 121 g/mol. The highest BCUT2D eigenvalue weighted by molar-refractivity contribution is 5.31. The van der Waals surface area contributed by atoms with Gasteiger partial charge in [0.25, 0.3) is 0 Å². The van der Waals surface area contributed by atoms with Crippen molar-refractivity contribution in [1.82, 2.24) is 0 Å². The largest absolute Gasteiger partial charge is 0.290 e. The molecule has 9 heavy (non-hydrogen) atoms. The lowest BCUT2D eigenvalue weighted by molar-refractivity contribution is 0.350. The van der Waals surface area contributed by atoms with Crippen molar-refractivity contribution >= 4 is 0 Å². The number of rotatable bonds is 1. The van der Waals surface area contributed by atoms with E-state index in [0.717, 1.165) is 12.0 Å². The third-order valence-electron chi connectivity index (χ3n) is 1.35. The molecule has 0 amide bonds. The second-order valence-corrected chi connectivity index (χ2v) is 1.96. The van der Waals surface area contributed by atoms with Crippen LogP contribution in [-0.4, -0.2) is 0 Å². The molecule has 0 atom stereocenters. The number of benzene rings is 1. The minimum absolute atomic E-state index is 0.153. The Hall–Kier alpha value is -0.980. The first-order valence-electron chi connectivity index (χ1n) is 3.09. The van der Waals surface area contributed by atoms with E-state index in [0.29, 0.717) is 0 Å². The summed E-state index contributed by atoms with van der Waals surface area (Å²) in [7, 11) is 0. The maximum atomic E-state index is 10.9. The first-order valence-corrected chi connectivity index (χ1v) is 3.09. The van der Waals surface area contributed by atoms with Crippen LogP contribution in [0.4, 0.5) is 0 Å². The molecule has 47 valence electrons. The van der Waals surface area contributed by atoms with Gasteiger partial charge < -0.3 is 0 Å². The Balaban J connectivity index is 3.01. The minimum Gasteiger partial charge on any atom is -0.290 e.